The minimum absolute atomic E-state index is 0.229. The maximum absolute atomic E-state index is 11.1. The molecule has 1 aliphatic carbocycles. The third-order valence-electron chi connectivity index (χ3n) is 3.68. The van der Waals surface area contributed by atoms with E-state index < -0.39 is 5.97 Å². The number of carboxylic acid groups (broad SMARTS) is 1. The molecule has 1 aromatic carbocycles. The summed E-state index contributed by atoms with van der Waals surface area (Å²) in [7, 11) is 0. The monoisotopic (exact) mass is 326 g/mol. The summed E-state index contributed by atoms with van der Waals surface area (Å²) in [6, 6.07) is 5.02. The van der Waals surface area contributed by atoms with Crippen LogP contribution in [0.2, 0.25) is 0 Å². The van der Waals surface area contributed by atoms with Crippen molar-refractivity contribution in [2.75, 3.05) is 6.61 Å². The van der Waals surface area contributed by atoms with Crippen molar-refractivity contribution >= 4 is 21.9 Å². The van der Waals surface area contributed by atoms with Crippen molar-refractivity contribution in [2.45, 2.75) is 38.5 Å². The van der Waals surface area contributed by atoms with Crippen LogP contribution in [0.3, 0.4) is 0 Å². The summed E-state index contributed by atoms with van der Waals surface area (Å²) in [5.41, 5.74) is 0.229. The highest BCUT2D eigenvalue weighted by Crippen LogP contribution is 2.28. The Balaban J connectivity index is 1.91. The van der Waals surface area contributed by atoms with E-state index in [1.165, 1.54) is 32.1 Å². The first-order valence-corrected chi connectivity index (χ1v) is 7.62. The Hall–Kier alpha value is -1.03. The highest BCUT2D eigenvalue weighted by molar-refractivity contribution is 9.10. The molecular weight excluding hydrogens is 308 g/mol. The van der Waals surface area contributed by atoms with Crippen LogP contribution >= 0.6 is 15.9 Å². The Bertz CT molecular complexity index is 439. The highest BCUT2D eigenvalue weighted by atomic mass is 79.9. The van der Waals surface area contributed by atoms with Crippen LogP contribution < -0.4 is 4.74 Å². The number of carboxylic acids is 1. The van der Waals surface area contributed by atoms with E-state index in [0.29, 0.717) is 12.4 Å². The van der Waals surface area contributed by atoms with Gasteiger partial charge in [-0.1, -0.05) is 48.0 Å². The van der Waals surface area contributed by atoms with Gasteiger partial charge in [0.05, 0.1) is 6.61 Å². The van der Waals surface area contributed by atoms with Crippen molar-refractivity contribution in [3.63, 3.8) is 0 Å². The number of hydrogen-bond donors (Lipinski definition) is 1. The second kappa shape index (κ2) is 6.94. The SMILES string of the molecule is O=C(O)c1ccc(Br)cc1OCCC1CCCCC1. The van der Waals surface area contributed by atoms with Crippen molar-refractivity contribution < 1.29 is 14.6 Å². The van der Waals surface area contributed by atoms with Crippen LogP contribution in [0.1, 0.15) is 48.9 Å². The first-order valence-electron chi connectivity index (χ1n) is 6.82. The van der Waals surface area contributed by atoms with Gasteiger partial charge in [-0.3, -0.25) is 0 Å². The number of halogens is 1. The third kappa shape index (κ3) is 4.23. The molecule has 19 heavy (non-hydrogen) atoms. The van der Waals surface area contributed by atoms with Crippen LogP contribution in [-0.2, 0) is 0 Å². The summed E-state index contributed by atoms with van der Waals surface area (Å²) in [5.74, 6) is 0.257. The average molecular weight is 327 g/mol. The number of carbonyl (C=O) groups is 1. The fourth-order valence-electron chi connectivity index (χ4n) is 2.60. The molecule has 0 unspecified atom stereocenters. The predicted molar refractivity (Wildman–Crippen MR) is 77.8 cm³/mol. The molecule has 1 aromatic rings. The van der Waals surface area contributed by atoms with E-state index in [2.05, 4.69) is 15.9 Å². The molecule has 0 amide bonds. The molecule has 2 rings (SSSR count). The molecule has 0 saturated heterocycles. The molecule has 1 saturated carbocycles. The molecule has 0 spiro atoms. The molecule has 3 nitrogen and oxygen atoms in total. The molecule has 0 atom stereocenters. The normalized spacial score (nSPS) is 16.3. The van der Waals surface area contributed by atoms with Gasteiger partial charge in [-0.2, -0.15) is 0 Å². The summed E-state index contributed by atoms with van der Waals surface area (Å²) in [4.78, 5) is 11.1. The zero-order valence-electron chi connectivity index (χ0n) is 10.9. The minimum atomic E-state index is -0.944. The summed E-state index contributed by atoms with van der Waals surface area (Å²) < 4.78 is 6.51. The maximum Gasteiger partial charge on any atom is 0.339 e. The number of ether oxygens (including phenoxy) is 1. The Labute approximate surface area is 122 Å². The Morgan fingerprint density at radius 2 is 2.05 bits per heavy atom. The number of hydrogen-bond acceptors (Lipinski definition) is 2. The number of rotatable bonds is 5. The molecular formula is C15H19BrO3. The van der Waals surface area contributed by atoms with Gasteiger partial charge in [0.15, 0.2) is 0 Å². The Kier molecular flexibility index (Phi) is 5.25. The molecule has 0 aliphatic heterocycles. The quantitative estimate of drug-likeness (QED) is 0.866. The van der Waals surface area contributed by atoms with Crippen LogP contribution in [0.5, 0.6) is 5.75 Å². The van der Waals surface area contributed by atoms with Gasteiger partial charge < -0.3 is 9.84 Å². The largest absolute Gasteiger partial charge is 0.493 e. The Morgan fingerprint density at radius 3 is 2.74 bits per heavy atom. The van der Waals surface area contributed by atoms with Crippen LogP contribution in [-0.4, -0.2) is 17.7 Å². The molecule has 1 N–H and O–H groups in total. The molecule has 0 heterocycles. The first kappa shape index (κ1) is 14.4. The van der Waals surface area contributed by atoms with Crippen molar-refractivity contribution in [1.82, 2.24) is 0 Å². The van der Waals surface area contributed by atoms with E-state index in [0.717, 1.165) is 16.8 Å². The number of benzene rings is 1. The molecule has 1 fully saturated rings. The topological polar surface area (TPSA) is 46.5 Å². The molecule has 0 radical (unpaired) electrons. The van der Waals surface area contributed by atoms with Gasteiger partial charge in [0, 0.05) is 4.47 Å². The van der Waals surface area contributed by atoms with E-state index in [9.17, 15) is 4.79 Å². The smallest absolute Gasteiger partial charge is 0.339 e. The van der Waals surface area contributed by atoms with Gasteiger partial charge in [-0.15, -0.1) is 0 Å². The van der Waals surface area contributed by atoms with E-state index >= 15 is 0 Å². The van der Waals surface area contributed by atoms with Gasteiger partial charge in [-0.05, 0) is 30.5 Å². The lowest BCUT2D eigenvalue weighted by atomic mass is 9.87. The third-order valence-corrected chi connectivity index (χ3v) is 4.18. The fourth-order valence-corrected chi connectivity index (χ4v) is 2.94. The summed E-state index contributed by atoms with van der Waals surface area (Å²) >= 11 is 3.34. The highest BCUT2D eigenvalue weighted by Gasteiger charge is 2.15. The maximum atomic E-state index is 11.1. The fraction of sp³-hybridized carbons (Fsp3) is 0.533. The lowest BCUT2D eigenvalue weighted by Crippen LogP contribution is -2.12. The van der Waals surface area contributed by atoms with Crippen LogP contribution in [0.15, 0.2) is 22.7 Å². The molecule has 0 aromatic heterocycles. The zero-order valence-corrected chi connectivity index (χ0v) is 12.5. The molecule has 0 bridgehead atoms. The van der Waals surface area contributed by atoms with Crippen molar-refractivity contribution in [2.24, 2.45) is 5.92 Å². The van der Waals surface area contributed by atoms with Crippen LogP contribution in [0.4, 0.5) is 0 Å². The van der Waals surface area contributed by atoms with Crippen molar-refractivity contribution in [3.05, 3.63) is 28.2 Å². The molecule has 4 heteroatoms. The van der Waals surface area contributed by atoms with Crippen molar-refractivity contribution in [3.8, 4) is 5.75 Å². The lowest BCUT2D eigenvalue weighted by Gasteiger charge is -2.21. The van der Waals surface area contributed by atoms with E-state index in [4.69, 9.17) is 9.84 Å². The summed E-state index contributed by atoms with van der Waals surface area (Å²) in [5, 5.41) is 9.11. The van der Waals surface area contributed by atoms with Gasteiger partial charge >= 0.3 is 5.97 Å². The van der Waals surface area contributed by atoms with Gasteiger partial charge in [0.25, 0.3) is 0 Å². The standard InChI is InChI=1S/C15H19BrO3/c16-12-6-7-13(15(17)18)14(10-12)19-9-8-11-4-2-1-3-5-11/h6-7,10-11H,1-5,8-9H2,(H,17,18). The first-order chi connectivity index (χ1) is 9.16. The second-order valence-corrected chi connectivity index (χ2v) is 6.00. The average Bonchev–Trinajstić information content (AvgIpc) is 2.39. The molecule has 1 aliphatic rings. The van der Waals surface area contributed by atoms with Gasteiger partial charge in [0.1, 0.15) is 11.3 Å². The lowest BCUT2D eigenvalue weighted by molar-refractivity contribution is 0.0692. The molecule has 104 valence electrons. The number of aromatic carboxylic acids is 1. The van der Waals surface area contributed by atoms with E-state index in [1.54, 1.807) is 18.2 Å². The van der Waals surface area contributed by atoms with E-state index in [1.807, 2.05) is 0 Å². The summed E-state index contributed by atoms with van der Waals surface area (Å²) in [6.07, 6.45) is 7.59. The predicted octanol–water partition coefficient (Wildman–Crippen LogP) is 4.50. The zero-order chi connectivity index (χ0) is 13.7. The summed E-state index contributed by atoms with van der Waals surface area (Å²) in [6.45, 7) is 0.599. The van der Waals surface area contributed by atoms with Gasteiger partial charge in [-0.25, -0.2) is 4.79 Å². The van der Waals surface area contributed by atoms with Crippen molar-refractivity contribution in [1.29, 1.82) is 0 Å². The van der Waals surface area contributed by atoms with Crippen LogP contribution in [0, 0.1) is 5.92 Å². The second-order valence-electron chi connectivity index (χ2n) is 5.09. The van der Waals surface area contributed by atoms with Gasteiger partial charge in [0.2, 0.25) is 0 Å². The van der Waals surface area contributed by atoms with Crippen LogP contribution in [0.25, 0.3) is 0 Å². The minimum Gasteiger partial charge on any atom is -0.493 e. The Morgan fingerprint density at radius 1 is 1.32 bits per heavy atom. The van der Waals surface area contributed by atoms with E-state index in [-0.39, 0.29) is 5.56 Å².